The molecule has 5 heteroatoms. The van der Waals surface area contributed by atoms with Crippen LogP contribution in [0.3, 0.4) is 0 Å². The van der Waals surface area contributed by atoms with Crippen LogP contribution in [0.1, 0.15) is 6.92 Å². The highest BCUT2D eigenvalue weighted by molar-refractivity contribution is 5.69. The number of benzene rings is 2. The van der Waals surface area contributed by atoms with Crippen LogP contribution in [0.4, 0.5) is 14.5 Å². The van der Waals surface area contributed by atoms with E-state index in [0.717, 1.165) is 12.1 Å². The van der Waals surface area contributed by atoms with Gasteiger partial charge in [-0.1, -0.05) is 13.0 Å². The fourth-order valence-corrected chi connectivity index (χ4v) is 2.20. The maximum atomic E-state index is 14.0. The van der Waals surface area contributed by atoms with Gasteiger partial charge in [0.1, 0.15) is 11.6 Å². The van der Waals surface area contributed by atoms with Gasteiger partial charge in [-0.25, -0.2) is 8.78 Å². The molecule has 2 aromatic carbocycles. The van der Waals surface area contributed by atoms with Crippen LogP contribution in [-0.4, -0.2) is 13.2 Å². The van der Waals surface area contributed by atoms with Crippen molar-refractivity contribution in [3.63, 3.8) is 0 Å². The number of hydrogen-bond donors (Lipinski definition) is 1. The van der Waals surface area contributed by atoms with Crippen LogP contribution in [-0.2, 0) is 0 Å². The van der Waals surface area contributed by atoms with Crippen LogP contribution in [0.15, 0.2) is 30.3 Å². The third-order valence-corrected chi connectivity index (χ3v) is 3.39. The number of ether oxygens (including phenoxy) is 2. The molecule has 0 saturated carbocycles. The molecule has 0 fully saturated rings. The predicted molar refractivity (Wildman–Crippen MR) is 76.4 cm³/mol. The van der Waals surface area contributed by atoms with Gasteiger partial charge in [-0.3, -0.25) is 0 Å². The number of halogens is 2. The number of hydrogen-bond acceptors (Lipinski definition) is 3. The van der Waals surface area contributed by atoms with Crippen molar-refractivity contribution in [1.82, 2.24) is 0 Å². The van der Waals surface area contributed by atoms with Gasteiger partial charge >= 0.3 is 0 Å². The SMILES string of the molecule is CC1COc2ccc(-c3cc(F)c(N)cc3F)cc2OC1. The minimum absolute atomic E-state index is 0.144. The average molecular weight is 291 g/mol. The minimum atomic E-state index is -0.646. The summed E-state index contributed by atoms with van der Waals surface area (Å²) in [5, 5.41) is 0. The molecular weight excluding hydrogens is 276 g/mol. The monoisotopic (exact) mass is 291 g/mol. The molecule has 1 aliphatic heterocycles. The Bertz CT molecular complexity index is 688. The lowest BCUT2D eigenvalue weighted by molar-refractivity contribution is 0.228. The first-order chi connectivity index (χ1) is 10.0. The molecule has 1 unspecified atom stereocenters. The van der Waals surface area contributed by atoms with Crippen LogP contribution < -0.4 is 15.2 Å². The fraction of sp³-hybridized carbons (Fsp3) is 0.250. The van der Waals surface area contributed by atoms with Crippen molar-refractivity contribution in [2.45, 2.75) is 6.92 Å². The van der Waals surface area contributed by atoms with Crippen LogP contribution in [0.5, 0.6) is 11.5 Å². The zero-order valence-corrected chi connectivity index (χ0v) is 11.5. The Balaban J connectivity index is 2.03. The van der Waals surface area contributed by atoms with Gasteiger partial charge in [-0.2, -0.15) is 0 Å². The third kappa shape index (κ3) is 2.63. The Morgan fingerprint density at radius 1 is 1.00 bits per heavy atom. The molecule has 2 aromatic rings. The zero-order chi connectivity index (χ0) is 15.0. The summed E-state index contributed by atoms with van der Waals surface area (Å²) in [7, 11) is 0. The van der Waals surface area contributed by atoms with E-state index in [2.05, 4.69) is 0 Å². The zero-order valence-electron chi connectivity index (χ0n) is 11.5. The average Bonchev–Trinajstić information content (AvgIpc) is 2.65. The molecule has 3 rings (SSSR count). The summed E-state index contributed by atoms with van der Waals surface area (Å²) in [5.41, 5.74) is 5.81. The van der Waals surface area contributed by atoms with Gasteiger partial charge < -0.3 is 15.2 Å². The number of anilines is 1. The van der Waals surface area contributed by atoms with Crippen molar-refractivity contribution in [1.29, 1.82) is 0 Å². The molecule has 0 bridgehead atoms. The highest BCUT2D eigenvalue weighted by atomic mass is 19.1. The molecule has 0 aliphatic carbocycles. The first kappa shape index (κ1) is 13.7. The number of nitrogens with two attached hydrogens (primary N) is 1. The van der Waals surface area contributed by atoms with Crippen molar-refractivity contribution >= 4 is 5.69 Å². The summed E-state index contributed by atoms with van der Waals surface area (Å²) >= 11 is 0. The summed E-state index contributed by atoms with van der Waals surface area (Å²) in [5.74, 6) is 0.198. The van der Waals surface area contributed by atoms with E-state index < -0.39 is 11.6 Å². The van der Waals surface area contributed by atoms with Gasteiger partial charge in [-0.05, 0) is 23.8 Å². The van der Waals surface area contributed by atoms with E-state index in [4.69, 9.17) is 15.2 Å². The second-order valence-electron chi connectivity index (χ2n) is 5.24. The Labute approximate surface area is 121 Å². The molecule has 0 radical (unpaired) electrons. The molecule has 110 valence electrons. The molecule has 0 amide bonds. The largest absolute Gasteiger partial charge is 0.489 e. The van der Waals surface area contributed by atoms with Gasteiger partial charge in [0.2, 0.25) is 0 Å². The van der Waals surface area contributed by atoms with Crippen molar-refractivity contribution in [2.24, 2.45) is 5.92 Å². The Morgan fingerprint density at radius 2 is 1.71 bits per heavy atom. The number of rotatable bonds is 1. The van der Waals surface area contributed by atoms with Crippen molar-refractivity contribution in [3.8, 4) is 22.6 Å². The number of nitrogen functional groups attached to an aromatic ring is 1. The van der Waals surface area contributed by atoms with Crippen LogP contribution >= 0.6 is 0 Å². The van der Waals surface area contributed by atoms with Gasteiger partial charge in [0.25, 0.3) is 0 Å². The standard InChI is InChI=1S/C16H15F2NO2/c1-9-7-20-15-3-2-10(4-16(15)21-8-9)11-5-13(18)14(19)6-12(11)17/h2-6,9H,7-8,19H2,1H3. The van der Waals surface area contributed by atoms with E-state index in [0.29, 0.717) is 30.3 Å². The second kappa shape index (κ2) is 5.24. The van der Waals surface area contributed by atoms with E-state index >= 15 is 0 Å². The maximum Gasteiger partial charge on any atom is 0.161 e. The van der Waals surface area contributed by atoms with E-state index in [1.54, 1.807) is 18.2 Å². The first-order valence-corrected chi connectivity index (χ1v) is 6.69. The normalized spacial score (nSPS) is 17.4. The second-order valence-corrected chi connectivity index (χ2v) is 5.24. The van der Waals surface area contributed by atoms with Gasteiger partial charge in [0.15, 0.2) is 11.5 Å². The van der Waals surface area contributed by atoms with E-state index in [-0.39, 0.29) is 17.2 Å². The Morgan fingerprint density at radius 3 is 2.48 bits per heavy atom. The number of fused-ring (bicyclic) bond motifs is 1. The van der Waals surface area contributed by atoms with Crippen LogP contribution in [0.2, 0.25) is 0 Å². The highest BCUT2D eigenvalue weighted by Crippen LogP contribution is 2.36. The molecule has 0 aromatic heterocycles. The van der Waals surface area contributed by atoms with E-state index in [1.807, 2.05) is 6.92 Å². The summed E-state index contributed by atoms with van der Waals surface area (Å²) in [6.07, 6.45) is 0. The smallest absolute Gasteiger partial charge is 0.161 e. The van der Waals surface area contributed by atoms with Gasteiger partial charge in [-0.15, -0.1) is 0 Å². The fourth-order valence-electron chi connectivity index (χ4n) is 2.20. The lowest BCUT2D eigenvalue weighted by atomic mass is 10.0. The van der Waals surface area contributed by atoms with E-state index in [1.165, 1.54) is 0 Å². The Kier molecular flexibility index (Phi) is 3.41. The predicted octanol–water partition coefficient (Wildman–Crippen LogP) is 3.62. The molecule has 1 heterocycles. The Hall–Kier alpha value is -2.30. The molecule has 3 nitrogen and oxygen atoms in total. The molecule has 1 atom stereocenters. The quantitative estimate of drug-likeness (QED) is 0.816. The molecule has 21 heavy (non-hydrogen) atoms. The molecule has 0 spiro atoms. The maximum absolute atomic E-state index is 14.0. The van der Waals surface area contributed by atoms with Crippen LogP contribution in [0.25, 0.3) is 11.1 Å². The lowest BCUT2D eigenvalue weighted by Gasteiger charge is -2.10. The van der Waals surface area contributed by atoms with E-state index in [9.17, 15) is 8.78 Å². The molecule has 0 saturated heterocycles. The van der Waals surface area contributed by atoms with Gasteiger partial charge in [0.05, 0.1) is 18.9 Å². The van der Waals surface area contributed by atoms with Crippen molar-refractivity contribution < 1.29 is 18.3 Å². The lowest BCUT2D eigenvalue weighted by Crippen LogP contribution is -2.12. The first-order valence-electron chi connectivity index (χ1n) is 6.69. The summed E-state index contributed by atoms with van der Waals surface area (Å²) < 4.78 is 38.8. The summed E-state index contributed by atoms with van der Waals surface area (Å²) in [6, 6.07) is 7.10. The highest BCUT2D eigenvalue weighted by Gasteiger charge is 2.17. The summed E-state index contributed by atoms with van der Waals surface area (Å²) in [4.78, 5) is 0. The van der Waals surface area contributed by atoms with Gasteiger partial charge in [0, 0.05) is 17.5 Å². The molecule has 1 aliphatic rings. The topological polar surface area (TPSA) is 44.5 Å². The third-order valence-electron chi connectivity index (χ3n) is 3.39. The van der Waals surface area contributed by atoms with Crippen molar-refractivity contribution in [3.05, 3.63) is 42.0 Å². The molecule has 2 N–H and O–H groups in total. The molecular formula is C16H15F2NO2. The minimum Gasteiger partial charge on any atom is -0.489 e. The van der Waals surface area contributed by atoms with Crippen LogP contribution in [0, 0.1) is 17.6 Å². The summed E-state index contributed by atoms with van der Waals surface area (Å²) in [6.45, 7) is 3.11. The van der Waals surface area contributed by atoms with Crippen molar-refractivity contribution in [2.75, 3.05) is 18.9 Å².